The highest BCUT2D eigenvalue weighted by Crippen LogP contribution is 2.16. The van der Waals surface area contributed by atoms with Gasteiger partial charge in [-0.1, -0.05) is 38.1 Å². The maximum Gasteiger partial charge on any atom is 0.272 e. The van der Waals surface area contributed by atoms with E-state index in [1.807, 2.05) is 6.07 Å². The highest BCUT2D eigenvalue weighted by Gasteiger charge is 2.10. The van der Waals surface area contributed by atoms with Gasteiger partial charge in [0.2, 0.25) is 0 Å². The van der Waals surface area contributed by atoms with Gasteiger partial charge in [0.1, 0.15) is 11.6 Å². The number of nitriles is 1. The van der Waals surface area contributed by atoms with Gasteiger partial charge in [-0.25, -0.2) is 9.50 Å². The minimum atomic E-state index is -0.223. The molecule has 0 saturated heterocycles. The van der Waals surface area contributed by atoms with Crippen LogP contribution in [0.2, 0.25) is 0 Å². The summed E-state index contributed by atoms with van der Waals surface area (Å²) in [7, 11) is 0. The summed E-state index contributed by atoms with van der Waals surface area (Å²) in [5.41, 5.74) is 3.65. The molecular weight excluding hydrogens is 326 g/mol. The van der Waals surface area contributed by atoms with Gasteiger partial charge in [-0.3, -0.25) is 9.89 Å². The maximum atomic E-state index is 12.1. The zero-order chi connectivity index (χ0) is 18.7. The Morgan fingerprint density at radius 2 is 2.00 bits per heavy atom. The molecule has 1 atom stereocenters. The van der Waals surface area contributed by atoms with Gasteiger partial charge in [0.15, 0.2) is 5.65 Å². The van der Waals surface area contributed by atoms with Crippen LogP contribution in [0, 0.1) is 17.2 Å². The first-order valence-corrected chi connectivity index (χ1v) is 8.80. The van der Waals surface area contributed by atoms with Crippen molar-refractivity contribution in [1.29, 1.82) is 5.26 Å². The third-order valence-electron chi connectivity index (χ3n) is 4.38. The molecule has 3 rings (SSSR count). The van der Waals surface area contributed by atoms with E-state index in [-0.39, 0.29) is 11.6 Å². The van der Waals surface area contributed by atoms with Crippen LogP contribution < -0.4 is 10.9 Å². The van der Waals surface area contributed by atoms with Crippen LogP contribution in [0.4, 0.5) is 0 Å². The monoisotopic (exact) mass is 349 g/mol. The maximum absolute atomic E-state index is 12.1. The van der Waals surface area contributed by atoms with Crippen molar-refractivity contribution >= 4 is 5.65 Å². The third kappa shape index (κ3) is 3.84. The Morgan fingerprint density at radius 3 is 2.65 bits per heavy atom. The molecule has 0 amide bonds. The number of aromatic nitrogens is 3. The lowest BCUT2D eigenvalue weighted by molar-refractivity contribution is 0.566. The van der Waals surface area contributed by atoms with Crippen LogP contribution in [0.5, 0.6) is 0 Å². The summed E-state index contributed by atoms with van der Waals surface area (Å²) >= 11 is 0. The molecule has 0 fully saturated rings. The van der Waals surface area contributed by atoms with E-state index in [1.165, 1.54) is 27.9 Å². The Bertz CT molecular complexity index is 992. The molecule has 0 aliphatic carbocycles. The predicted octanol–water partition coefficient (Wildman–Crippen LogP) is 2.94. The molecule has 2 N–H and O–H groups in total. The lowest BCUT2D eigenvalue weighted by Gasteiger charge is -2.15. The van der Waals surface area contributed by atoms with Crippen molar-refractivity contribution in [3.05, 3.63) is 69.3 Å². The average Bonchev–Trinajstić information content (AvgIpc) is 3.03. The number of nitrogens with one attached hydrogen (secondary N) is 2. The topological polar surface area (TPSA) is 86.0 Å². The van der Waals surface area contributed by atoms with Crippen molar-refractivity contribution < 1.29 is 0 Å². The molecule has 1 aromatic carbocycles. The zero-order valence-electron chi connectivity index (χ0n) is 15.3. The molecule has 0 saturated carbocycles. The Kier molecular flexibility index (Phi) is 5.19. The van der Waals surface area contributed by atoms with Crippen LogP contribution in [-0.2, 0) is 13.0 Å². The number of nitrogens with zero attached hydrogens (tertiary/aromatic N) is 3. The van der Waals surface area contributed by atoms with Gasteiger partial charge < -0.3 is 5.32 Å². The van der Waals surface area contributed by atoms with E-state index in [1.54, 1.807) is 0 Å². The fourth-order valence-electron chi connectivity index (χ4n) is 2.99. The molecule has 1 unspecified atom stereocenters. The molecule has 2 heterocycles. The van der Waals surface area contributed by atoms with Crippen LogP contribution in [0.25, 0.3) is 5.65 Å². The van der Waals surface area contributed by atoms with E-state index >= 15 is 0 Å². The summed E-state index contributed by atoms with van der Waals surface area (Å²) in [4.78, 5) is 16.5. The van der Waals surface area contributed by atoms with Crippen LogP contribution in [0.15, 0.2) is 41.3 Å². The third-order valence-corrected chi connectivity index (χ3v) is 4.38. The van der Waals surface area contributed by atoms with Crippen molar-refractivity contribution in [2.45, 2.75) is 39.8 Å². The fraction of sp³-hybridized carbons (Fsp3) is 0.350. The van der Waals surface area contributed by atoms with Gasteiger partial charge in [0.25, 0.3) is 5.56 Å². The molecule has 0 radical (unpaired) electrons. The standard InChI is InChI=1S/C20H23N5O/c1-13(2)8-15-4-6-16(7-5-15)14(3)22-12-18-9-19(26)25-20(24-18)17(10-21)11-23-25/h4-7,9,11,13-14,22-23H,8,12H2,1-3H3. The molecule has 3 aromatic rings. The van der Waals surface area contributed by atoms with E-state index in [0.717, 1.165) is 6.42 Å². The number of aromatic amines is 1. The van der Waals surface area contributed by atoms with Crippen LogP contribution in [0.3, 0.4) is 0 Å². The lowest BCUT2D eigenvalue weighted by Crippen LogP contribution is -2.22. The molecular formula is C20H23N5O. The molecule has 134 valence electrons. The molecule has 6 nitrogen and oxygen atoms in total. The van der Waals surface area contributed by atoms with E-state index < -0.39 is 0 Å². The molecule has 0 bridgehead atoms. The highest BCUT2D eigenvalue weighted by molar-refractivity contribution is 5.53. The van der Waals surface area contributed by atoms with Gasteiger partial charge in [0.05, 0.1) is 5.69 Å². The van der Waals surface area contributed by atoms with E-state index in [0.29, 0.717) is 29.4 Å². The SMILES string of the molecule is CC(C)Cc1ccc(C(C)NCc2cc(=O)n3[nH]cc(C#N)c3n2)cc1. The second-order valence-electron chi connectivity index (χ2n) is 6.99. The smallest absolute Gasteiger partial charge is 0.272 e. The van der Waals surface area contributed by atoms with Gasteiger partial charge in [-0.2, -0.15) is 5.26 Å². The van der Waals surface area contributed by atoms with E-state index in [9.17, 15) is 4.79 Å². The summed E-state index contributed by atoms with van der Waals surface area (Å²) in [6.07, 6.45) is 2.57. The van der Waals surface area contributed by atoms with E-state index in [2.05, 4.69) is 60.4 Å². The van der Waals surface area contributed by atoms with Gasteiger partial charge in [-0.15, -0.1) is 0 Å². The van der Waals surface area contributed by atoms with Crippen molar-refractivity contribution in [2.75, 3.05) is 0 Å². The number of fused-ring (bicyclic) bond motifs is 1. The number of H-pyrrole nitrogens is 1. The normalized spacial score (nSPS) is 12.4. The largest absolute Gasteiger partial charge is 0.305 e. The summed E-state index contributed by atoms with van der Waals surface area (Å²) in [6, 6.07) is 12.3. The summed E-state index contributed by atoms with van der Waals surface area (Å²) < 4.78 is 1.28. The Balaban J connectivity index is 1.71. The Morgan fingerprint density at radius 1 is 1.27 bits per heavy atom. The number of rotatable bonds is 6. The quantitative estimate of drug-likeness (QED) is 0.716. The second-order valence-corrected chi connectivity index (χ2v) is 6.99. The van der Waals surface area contributed by atoms with Crippen molar-refractivity contribution in [2.24, 2.45) is 5.92 Å². The van der Waals surface area contributed by atoms with Gasteiger partial charge >= 0.3 is 0 Å². The molecule has 0 spiro atoms. The van der Waals surface area contributed by atoms with E-state index in [4.69, 9.17) is 5.26 Å². The summed E-state index contributed by atoms with van der Waals surface area (Å²) in [6.45, 7) is 6.97. The molecule has 26 heavy (non-hydrogen) atoms. The summed E-state index contributed by atoms with van der Waals surface area (Å²) in [5.74, 6) is 0.642. The number of hydrogen-bond donors (Lipinski definition) is 2. The van der Waals surface area contributed by atoms with Crippen molar-refractivity contribution in [3.8, 4) is 6.07 Å². The Labute approximate surface area is 152 Å². The van der Waals surface area contributed by atoms with Crippen LogP contribution in [0.1, 0.15) is 49.2 Å². The molecule has 0 aliphatic rings. The molecule has 2 aromatic heterocycles. The highest BCUT2D eigenvalue weighted by atomic mass is 16.1. The first-order chi connectivity index (χ1) is 12.5. The Hall–Kier alpha value is -2.91. The van der Waals surface area contributed by atoms with Gasteiger partial charge in [0, 0.05) is 24.8 Å². The van der Waals surface area contributed by atoms with Crippen LogP contribution >= 0.6 is 0 Å². The van der Waals surface area contributed by atoms with Crippen molar-refractivity contribution in [1.82, 2.24) is 19.9 Å². The van der Waals surface area contributed by atoms with Crippen molar-refractivity contribution in [3.63, 3.8) is 0 Å². The zero-order valence-corrected chi connectivity index (χ0v) is 15.3. The second kappa shape index (κ2) is 7.54. The first kappa shape index (κ1) is 17.9. The fourth-order valence-corrected chi connectivity index (χ4v) is 2.99. The first-order valence-electron chi connectivity index (χ1n) is 8.80. The number of hydrogen-bond acceptors (Lipinski definition) is 4. The molecule has 0 aliphatic heterocycles. The minimum Gasteiger partial charge on any atom is -0.305 e. The molecule has 6 heteroatoms. The predicted molar refractivity (Wildman–Crippen MR) is 101 cm³/mol. The minimum absolute atomic E-state index is 0.130. The number of benzene rings is 1. The lowest BCUT2D eigenvalue weighted by atomic mass is 10.00. The summed E-state index contributed by atoms with van der Waals surface area (Å²) in [5, 5.41) is 15.2. The van der Waals surface area contributed by atoms with Crippen LogP contribution in [-0.4, -0.2) is 14.6 Å². The average molecular weight is 349 g/mol. The van der Waals surface area contributed by atoms with Gasteiger partial charge in [-0.05, 0) is 30.4 Å².